The molecule has 0 amide bonds. The molecular formula is C16H18N2O. The molecule has 0 atom stereocenters. The maximum atomic E-state index is 11.9. The van der Waals surface area contributed by atoms with Crippen molar-refractivity contribution in [1.82, 2.24) is 4.98 Å². The maximum Gasteiger partial charge on any atom is 0.181 e. The second kappa shape index (κ2) is 6.14. The summed E-state index contributed by atoms with van der Waals surface area (Å²) in [7, 11) is 4.03. The third-order valence-corrected chi connectivity index (χ3v) is 3.04. The first-order chi connectivity index (χ1) is 9.16. The average Bonchev–Trinajstić information content (AvgIpc) is 2.46. The van der Waals surface area contributed by atoms with Crippen LogP contribution in [0.2, 0.25) is 0 Å². The fraction of sp³-hybridized carbons (Fsp3) is 0.250. The van der Waals surface area contributed by atoms with Crippen LogP contribution >= 0.6 is 0 Å². The van der Waals surface area contributed by atoms with Gasteiger partial charge in [0.05, 0.1) is 0 Å². The van der Waals surface area contributed by atoms with E-state index in [9.17, 15) is 4.79 Å². The van der Waals surface area contributed by atoms with Crippen molar-refractivity contribution in [3.63, 3.8) is 0 Å². The van der Waals surface area contributed by atoms with Gasteiger partial charge in [0, 0.05) is 32.4 Å². The molecule has 0 bridgehead atoms. The second-order valence-electron chi connectivity index (χ2n) is 4.70. The van der Waals surface area contributed by atoms with Crippen molar-refractivity contribution in [1.29, 1.82) is 0 Å². The number of pyridine rings is 1. The lowest BCUT2D eigenvalue weighted by molar-refractivity contribution is 0.0978. The number of carbonyl (C=O) groups is 1. The molecule has 1 heterocycles. The topological polar surface area (TPSA) is 33.2 Å². The standard InChI is InChI=1S/C16H18N2O/c1-18(2)14-9-6-13(7-10-14)8-11-16(19)15-5-3-4-12-17-15/h3-7,9-10,12H,8,11H2,1-2H3. The van der Waals surface area contributed by atoms with Gasteiger partial charge in [-0.1, -0.05) is 18.2 Å². The predicted molar refractivity (Wildman–Crippen MR) is 77.7 cm³/mol. The number of ketones is 1. The molecule has 0 saturated carbocycles. The molecule has 0 fully saturated rings. The van der Waals surface area contributed by atoms with Crippen molar-refractivity contribution >= 4 is 11.5 Å². The number of nitrogens with zero attached hydrogens (tertiary/aromatic N) is 2. The Hall–Kier alpha value is -2.16. The molecule has 98 valence electrons. The quantitative estimate of drug-likeness (QED) is 0.769. The minimum absolute atomic E-state index is 0.0947. The second-order valence-corrected chi connectivity index (χ2v) is 4.70. The molecule has 0 spiro atoms. The normalized spacial score (nSPS) is 10.2. The van der Waals surface area contributed by atoms with Gasteiger partial charge in [-0.2, -0.15) is 0 Å². The highest BCUT2D eigenvalue weighted by atomic mass is 16.1. The van der Waals surface area contributed by atoms with Crippen molar-refractivity contribution in [2.75, 3.05) is 19.0 Å². The van der Waals surface area contributed by atoms with Crippen LogP contribution in [0.1, 0.15) is 22.5 Å². The van der Waals surface area contributed by atoms with Gasteiger partial charge < -0.3 is 4.90 Å². The molecule has 1 aromatic carbocycles. The van der Waals surface area contributed by atoms with E-state index in [0.29, 0.717) is 12.1 Å². The number of hydrogen-bond acceptors (Lipinski definition) is 3. The summed E-state index contributed by atoms with van der Waals surface area (Å²) in [5, 5.41) is 0. The van der Waals surface area contributed by atoms with E-state index in [4.69, 9.17) is 0 Å². The fourth-order valence-corrected chi connectivity index (χ4v) is 1.87. The number of carbonyl (C=O) groups excluding carboxylic acids is 1. The molecule has 0 N–H and O–H groups in total. The number of aryl methyl sites for hydroxylation is 1. The van der Waals surface area contributed by atoms with Crippen LogP contribution in [-0.2, 0) is 6.42 Å². The summed E-state index contributed by atoms with van der Waals surface area (Å²) in [6.07, 6.45) is 2.90. The molecule has 0 unspecified atom stereocenters. The minimum atomic E-state index is 0.0947. The summed E-state index contributed by atoms with van der Waals surface area (Å²) < 4.78 is 0. The van der Waals surface area contributed by atoms with Crippen molar-refractivity contribution < 1.29 is 4.79 Å². The van der Waals surface area contributed by atoms with Gasteiger partial charge in [0.25, 0.3) is 0 Å². The molecule has 0 saturated heterocycles. The molecule has 2 aromatic rings. The first kappa shape index (κ1) is 13.3. The van der Waals surface area contributed by atoms with Crippen molar-refractivity contribution in [3.8, 4) is 0 Å². The summed E-state index contributed by atoms with van der Waals surface area (Å²) >= 11 is 0. The number of anilines is 1. The molecule has 0 radical (unpaired) electrons. The minimum Gasteiger partial charge on any atom is -0.378 e. The van der Waals surface area contributed by atoms with Gasteiger partial charge in [0.2, 0.25) is 0 Å². The molecule has 2 rings (SSSR count). The van der Waals surface area contributed by atoms with Gasteiger partial charge in [-0.15, -0.1) is 0 Å². The van der Waals surface area contributed by atoms with Gasteiger partial charge in [0.1, 0.15) is 5.69 Å². The molecule has 0 aliphatic heterocycles. The summed E-state index contributed by atoms with van der Waals surface area (Å²) in [5.41, 5.74) is 2.89. The summed E-state index contributed by atoms with van der Waals surface area (Å²) in [6, 6.07) is 13.7. The van der Waals surface area contributed by atoms with Crippen LogP contribution in [0.25, 0.3) is 0 Å². The third kappa shape index (κ3) is 3.65. The van der Waals surface area contributed by atoms with Gasteiger partial charge >= 0.3 is 0 Å². The van der Waals surface area contributed by atoms with Crippen LogP contribution < -0.4 is 4.90 Å². The predicted octanol–water partition coefficient (Wildman–Crippen LogP) is 2.96. The Bertz CT molecular complexity index is 532. The van der Waals surface area contributed by atoms with Crippen LogP contribution in [0.3, 0.4) is 0 Å². The van der Waals surface area contributed by atoms with E-state index in [0.717, 1.165) is 6.42 Å². The first-order valence-electron chi connectivity index (χ1n) is 6.37. The third-order valence-electron chi connectivity index (χ3n) is 3.04. The van der Waals surface area contributed by atoms with Crippen LogP contribution in [0.5, 0.6) is 0 Å². The Morgan fingerprint density at radius 3 is 2.42 bits per heavy atom. The zero-order chi connectivity index (χ0) is 13.7. The summed E-state index contributed by atoms with van der Waals surface area (Å²) in [5.74, 6) is 0.0947. The van der Waals surface area contributed by atoms with E-state index in [1.54, 1.807) is 12.3 Å². The van der Waals surface area contributed by atoms with Gasteiger partial charge in [0.15, 0.2) is 5.78 Å². The van der Waals surface area contributed by atoms with Gasteiger partial charge in [-0.3, -0.25) is 9.78 Å². The molecular weight excluding hydrogens is 236 g/mol. The number of aromatic nitrogens is 1. The lowest BCUT2D eigenvalue weighted by Gasteiger charge is -2.12. The molecule has 19 heavy (non-hydrogen) atoms. The fourth-order valence-electron chi connectivity index (χ4n) is 1.87. The van der Waals surface area contributed by atoms with E-state index in [1.807, 2.05) is 26.2 Å². The molecule has 1 aromatic heterocycles. The van der Waals surface area contributed by atoms with Gasteiger partial charge in [-0.25, -0.2) is 0 Å². The largest absolute Gasteiger partial charge is 0.378 e. The zero-order valence-electron chi connectivity index (χ0n) is 11.3. The van der Waals surface area contributed by atoms with Crippen molar-refractivity contribution in [3.05, 3.63) is 59.9 Å². The van der Waals surface area contributed by atoms with Crippen LogP contribution in [0.15, 0.2) is 48.7 Å². The highest BCUT2D eigenvalue weighted by molar-refractivity contribution is 5.94. The van der Waals surface area contributed by atoms with Crippen LogP contribution in [-0.4, -0.2) is 24.9 Å². The molecule has 0 aliphatic rings. The SMILES string of the molecule is CN(C)c1ccc(CCC(=O)c2ccccn2)cc1. The number of Topliss-reactive ketones (excluding diaryl/α,β-unsaturated/α-hetero) is 1. The average molecular weight is 254 g/mol. The highest BCUT2D eigenvalue weighted by Gasteiger charge is 2.06. The molecule has 0 aliphatic carbocycles. The van der Waals surface area contributed by atoms with Gasteiger partial charge in [-0.05, 0) is 36.2 Å². The monoisotopic (exact) mass is 254 g/mol. The number of hydrogen-bond donors (Lipinski definition) is 0. The Labute approximate surface area is 113 Å². The molecule has 3 heteroatoms. The lowest BCUT2D eigenvalue weighted by atomic mass is 10.1. The Kier molecular flexibility index (Phi) is 4.29. The van der Waals surface area contributed by atoms with E-state index in [1.165, 1.54) is 11.3 Å². The Morgan fingerprint density at radius 2 is 1.84 bits per heavy atom. The summed E-state index contributed by atoms with van der Waals surface area (Å²) in [4.78, 5) is 18.1. The van der Waals surface area contributed by atoms with E-state index in [2.05, 4.69) is 34.1 Å². The van der Waals surface area contributed by atoms with E-state index < -0.39 is 0 Å². The van der Waals surface area contributed by atoms with Crippen molar-refractivity contribution in [2.24, 2.45) is 0 Å². The highest BCUT2D eigenvalue weighted by Crippen LogP contribution is 2.14. The van der Waals surface area contributed by atoms with Crippen LogP contribution in [0.4, 0.5) is 5.69 Å². The first-order valence-corrected chi connectivity index (χ1v) is 6.37. The van der Waals surface area contributed by atoms with Crippen molar-refractivity contribution in [2.45, 2.75) is 12.8 Å². The van der Waals surface area contributed by atoms with E-state index in [-0.39, 0.29) is 5.78 Å². The lowest BCUT2D eigenvalue weighted by Crippen LogP contribution is -2.08. The smallest absolute Gasteiger partial charge is 0.181 e. The maximum absolute atomic E-state index is 11.9. The van der Waals surface area contributed by atoms with Crippen LogP contribution in [0, 0.1) is 0 Å². The molecule has 3 nitrogen and oxygen atoms in total. The number of rotatable bonds is 5. The van der Waals surface area contributed by atoms with E-state index >= 15 is 0 Å². The Balaban J connectivity index is 1.94. The Morgan fingerprint density at radius 1 is 1.11 bits per heavy atom. The summed E-state index contributed by atoms with van der Waals surface area (Å²) in [6.45, 7) is 0. The number of benzene rings is 1. The zero-order valence-corrected chi connectivity index (χ0v) is 11.3.